The Hall–Kier alpha value is -1.51. The Kier molecular flexibility index (Phi) is 4.60. The molecule has 0 bridgehead atoms. The van der Waals surface area contributed by atoms with Crippen LogP contribution in [0.1, 0.15) is 51.4 Å². The number of carbonyl (C=O) groups excluding carboxylic acids is 1. The molecule has 2 rings (SSSR count). The summed E-state index contributed by atoms with van der Waals surface area (Å²) < 4.78 is 11.4. The van der Waals surface area contributed by atoms with Gasteiger partial charge in [0.05, 0.1) is 13.2 Å². The molecule has 2 unspecified atom stereocenters. The summed E-state index contributed by atoms with van der Waals surface area (Å²) >= 11 is 0. The zero-order chi connectivity index (χ0) is 15.6. The van der Waals surface area contributed by atoms with E-state index in [0.717, 1.165) is 5.75 Å². The van der Waals surface area contributed by atoms with E-state index in [0.29, 0.717) is 42.8 Å². The van der Waals surface area contributed by atoms with Crippen molar-refractivity contribution in [2.75, 3.05) is 13.2 Å². The number of carbonyl (C=O) groups is 1. The molecule has 21 heavy (non-hydrogen) atoms. The summed E-state index contributed by atoms with van der Waals surface area (Å²) in [5.41, 5.74) is 0.846. The van der Waals surface area contributed by atoms with Crippen molar-refractivity contribution < 1.29 is 14.3 Å². The normalized spacial score (nSPS) is 19.8. The average Bonchev–Trinajstić information content (AvgIpc) is 2.59. The third kappa shape index (κ3) is 3.99. The number of ketones is 1. The Bertz CT molecular complexity index is 514. The van der Waals surface area contributed by atoms with Crippen molar-refractivity contribution >= 4 is 5.78 Å². The SMILES string of the molecule is CC1COc2ccc(C(=O)CC(C)C(C)(C)C)cc2OC1. The Morgan fingerprint density at radius 3 is 2.48 bits per heavy atom. The van der Waals surface area contributed by atoms with Crippen LogP contribution in [-0.2, 0) is 0 Å². The number of rotatable bonds is 3. The second kappa shape index (κ2) is 6.08. The van der Waals surface area contributed by atoms with Gasteiger partial charge in [0.1, 0.15) is 0 Å². The van der Waals surface area contributed by atoms with Crippen molar-refractivity contribution in [3.63, 3.8) is 0 Å². The van der Waals surface area contributed by atoms with Crippen molar-refractivity contribution in [2.45, 2.75) is 41.0 Å². The first-order valence-corrected chi connectivity index (χ1v) is 7.70. The number of ether oxygens (including phenoxy) is 2. The molecule has 0 saturated heterocycles. The molecule has 0 saturated carbocycles. The lowest BCUT2D eigenvalue weighted by molar-refractivity contribution is 0.0927. The Balaban J connectivity index is 2.13. The van der Waals surface area contributed by atoms with Gasteiger partial charge in [-0.05, 0) is 29.5 Å². The number of benzene rings is 1. The molecule has 0 N–H and O–H groups in total. The predicted molar refractivity (Wildman–Crippen MR) is 84.2 cm³/mol. The minimum atomic E-state index is 0.135. The maximum Gasteiger partial charge on any atom is 0.163 e. The lowest BCUT2D eigenvalue weighted by Crippen LogP contribution is -2.20. The van der Waals surface area contributed by atoms with Gasteiger partial charge < -0.3 is 9.47 Å². The first-order chi connectivity index (χ1) is 9.77. The molecule has 1 aliphatic rings. The van der Waals surface area contributed by atoms with E-state index in [1.165, 1.54) is 0 Å². The topological polar surface area (TPSA) is 35.5 Å². The van der Waals surface area contributed by atoms with Crippen LogP contribution in [0.4, 0.5) is 0 Å². The highest BCUT2D eigenvalue weighted by molar-refractivity contribution is 5.96. The van der Waals surface area contributed by atoms with Gasteiger partial charge in [-0.3, -0.25) is 4.79 Å². The van der Waals surface area contributed by atoms with Crippen LogP contribution in [0.25, 0.3) is 0 Å². The molecule has 1 aromatic carbocycles. The van der Waals surface area contributed by atoms with Gasteiger partial charge in [-0.2, -0.15) is 0 Å². The maximum absolute atomic E-state index is 12.4. The van der Waals surface area contributed by atoms with Crippen LogP contribution >= 0.6 is 0 Å². The summed E-state index contributed by atoms with van der Waals surface area (Å²) in [4.78, 5) is 12.4. The van der Waals surface area contributed by atoms with E-state index >= 15 is 0 Å². The lowest BCUT2D eigenvalue weighted by Gasteiger charge is -2.26. The average molecular weight is 290 g/mol. The Morgan fingerprint density at radius 1 is 1.24 bits per heavy atom. The minimum absolute atomic E-state index is 0.135. The summed E-state index contributed by atoms with van der Waals surface area (Å²) in [6.45, 7) is 12.0. The smallest absolute Gasteiger partial charge is 0.163 e. The van der Waals surface area contributed by atoms with Crippen LogP contribution in [0.15, 0.2) is 18.2 Å². The van der Waals surface area contributed by atoms with Gasteiger partial charge in [0.15, 0.2) is 17.3 Å². The van der Waals surface area contributed by atoms with E-state index < -0.39 is 0 Å². The second-order valence-corrected chi connectivity index (χ2v) is 7.28. The van der Waals surface area contributed by atoms with E-state index in [1.807, 2.05) is 18.2 Å². The zero-order valence-electron chi connectivity index (χ0n) is 13.7. The fourth-order valence-electron chi connectivity index (χ4n) is 2.13. The third-order valence-corrected chi connectivity index (χ3v) is 4.28. The van der Waals surface area contributed by atoms with Crippen LogP contribution in [0.2, 0.25) is 0 Å². The summed E-state index contributed by atoms with van der Waals surface area (Å²) in [5, 5.41) is 0. The molecule has 3 nitrogen and oxygen atoms in total. The van der Waals surface area contributed by atoms with Crippen molar-refractivity contribution in [1.29, 1.82) is 0 Å². The van der Waals surface area contributed by atoms with E-state index in [4.69, 9.17) is 9.47 Å². The second-order valence-electron chi connectivity index (χ2n) is 7.28. The summed E-state index contributed by atoms with van der Waals surface area (Å²) in [7, 11) is 0. The number of Topliss-reactive ketones (excluding diaryl/α,β-unsaturated/α-hetero) is 1. The largest absolute Gasteiger partial charge is 0.489 e. The molecule has 2 atom stereocenters. The van der Waals surface area contributed by atoms with E-state index in [-0.39, 0.29) is 11.2 Å². The number of hydrogen-bond acceptors (Lipinski definition) is 3. The third-order valence-electron chi connectivity index (χ3n) is 4.28. The molecule has 3 heteroatoms. The monoisotopic (exact) mass is 290 g/mol. The maximum atomic E-state index is 12.4. The van der Waals surface area contributed by atoms with Gasteiger partial charge in [-0.25, -0.2) is 0 Å². The van der Waals surface area contributed by atoms with E-state index in [9.17, 15) is 4.79 Å². The molecule has 1 aromatic rings. The molecule has 116 valence electrons. The molecule has 0 fully saturated rings. The Labute approximate surface area is 127 Å². The molecule has 0 spiro atoms. The first kappa shape index (κ1) is 15.9. The van der Waals surface area contributed by atoms with Crippen LogP contribution in [0.3, 0.4) is 0 Å². The highest BCUT2D eigenvalue weighted by atomic mass is 16.5. The van der Waals surface area contributed by atoms with Crippen LogP contribution < -0.4 is 9.47 Å². The van der Waals surface area contributed by atoms with E-state index in [1.54, 1.807) is 0 Å². The van der Waals surface area contributed by atoms with E-state index in [2.05, 4.69) is 34.6 Å². The van der Waals surface area contributed by atoms with Gasteiger partial charge in [0, 0.05) is 17.9 Å². The van der Waals surface area contributed by atoms with Crippen molar-refractivity contribution in [2.24, 2.45) is 17.3 Å². The first-order valence-electron chi connectivity index (χ1n) is 7.70. The fraction of sp³-hybridized carbons (Fsp3) is 0.611. The minimum Gasteiger partial charge on any atom is -0.489 e. The zero-order valence-corrected chi connectivity index (χ0v) is 13.7. The van der Waals surface area contributed by atoms with Crippen molar-refractivity contribution in [3.8, 4) is 11.5 Å². The highest BCUT2D eigenvalue weighted by Gasteiger charge is 2.24. The highest BCUT2D eigenvalue weighted by Crippen LogP contribution is 2.33. The Morgan fingerprint density at radius 2 is 1.86 bits per heavy atom. The van der Waals surface area contributed by atoms with Crippen molar-refractivity contribution in [3.05, 3.63) is 23.8 Å². The molecule has 0 aromatic heterocycles. The van der Waals surface area contributed by atoms with Gasteiger partial charge in [0.25, 0.3) is 0 Å². The molecule has 0 amide bonds. The van der Waals surface area contributed by atoms with Gasteiger partial charge in [-0.15, -0.1) is 0 Å². The van der Waals surface area contributed by atoms with Crippen LogP contribution in [-0.4, -0.2) is 19.0 Å². The summed E-state index contributed by atoms with van der Waals surface area (Å²) in [6.07, 6.45) is 0.555. The molecule has 0 radical (unpaired) electrons. The van der Waals surface area contributed by atoms with Gasteiger partial charge in [0.2, 0.25) is 0 Å². The quantitative estimate of drug-likeness (QED) is 0.776. The summed E-state index contributed by atoms with van der Waals surface area (Å²) in [6, 6.07) is 5.52. The van der Waals surface area contributed by atoms with Crippen LogP contribution in [0.5, 0.6) is 11.5 Å². The molecule has 0 aliphatic carbocycles. The molecule has 1 aliphatic heterocycles. The number of hydrogen-bond donors (Lipinski definition) is 0. The fourth-order valence-corrected chi connectivity index (χ4v) is 2.13. The van der Waals surface area contributed by atoms with Gasteiger partial charge in [-0.1, -0.05) is 34.6 Å². The molecule has 1 heterocycles. The lowest BCUT2D eigenvalue weighted by atomic mass is 9.78. The van der Waals surface area contributed by atoms with Crippen molar-refractivity contribution in [1.82, 2.24) is 0 Å². The standard InChI is InChI=1S/C18H26O3/c1-12-10-20-16-7-6-14(9-17(16)21-11-12)15(19)8-13(2)18(3,4)5/h6-7,9,12-13H,8,10-11H2,1-5H3. The molecular formula is C18H26O3. The van der Waals surface area contributed by atoms with Crippen LogP contribution in [0, 0.1) is 17.3 Å². The van der Waals surface area contributed by atoms with Gasteiger partial charge >= 0.3 is 0 Å². The molecular weight excluding hydrogens is 264 g/mol. The number of fused-ring (bicyclic) bond motifs is 1. The summed E-state index contributed by atoms with van der Waals surface area (Å²) in [5.74, 6) is 2.29. The predicted octanol–water partition coefficient (Wildman–Crippen LogP) is 4.35.